The van der Waals surface area contributed by atoms with Gasteiger partial charge in [-0.15, -0.1) is 0 Å². The quantitative estimate of drug-likeness (QED) is 0.491. The van der Waals surface area contributed by atoms with E-state index in [0.29, 0.717) is 19.1 Å². The second kappa shape index (κ2) is 9.34. The van der Waals surface area contributed by atoms with Crippen LogP contribution in [-0.2, 0) is 0 Å². The second-order valence-corrected chi connectivity index (χ2v) is 9.86. The van der Waals surface area contributed by atoms with Gasteiger partial charge in [0.05, 0.1) is 29.5 Å². The van der Waals surface area contributed by atoms with Crippen LogP contribution in [0.5, 0.6) is 11.6 Å². The molecule has 1 spiro atoms. The monoisotopic (exact) mass is 475 g/mol. The molecule has 0 atom stereocenters. The molecule has 1 aliphatic heterocycles. The third-order valence-corrected chi connectivity index (χ3v) is 7.29. The first-order chi connectivity index (χ1) is 16.9. The lowest BCUT2D eigenvalue weighted by Crippen LogP contribution is -2.60. The fourth-order valence-electron chi connectivity index (χ4n) is 4.82. The number of hydrogen-bond donors (Lipinski definition) is 0. The summed E-state index contributed by atoms with van der Waals surface area (Å²) in [6.45, 7) is 2.05. The zero-order valence-electron chi connectivity index (χ0n) is 21.0. The van der Waals surface area contributed by atoms with Crippen molar-refractivity contribution in [2.75, 3.05) is 52.8 Å². The number of fused-ring (bicyclic) bond motifs is 1. The number of carbonyl (C=O) groups excluding carboxylic acids is 1. The van der Waals surface area contributed by atoms with Crippen LogP contribution >= 0.6 is 0 Å². The van der Waals surface area contributed by atoms with Crippen molar-refractivity contribution in [3.8, 4) is 22.8 Å². The molecule has 8 heteroatoms. The van der Waals surface area contributed by atoms with Gasteiger partial charge in [-0.2, -0.15) is 0 Å². The second-order valence-electron chi connectivity index (χ2n) is 9.86. The Labute approximate surface area is 206 Å². The van der Waals surface area contributed by atoms with Gasteiger partial charge in [0.1, 0.15) is 12.4 Å². The lowest BCUT2D eigenvalue weighted by Gasteiger charge is -2.49. The summed E-state index contributed by atoms with van der Waals surface area (Å²) >= 11 is 0. The largest absolute Gasteiger partial charge is 0.490 e. The van der Waals surface area contributed by atoms with E-state index in [9.17, 15) is 4.79 Å². The molecule has 0 N–H and O–H groups in total. The fraction of sp³-hybridized carbons (Fsp3) is 0.444. The highest BCUT2D eigenvalue weighted by molar-refractivity contribution is 5.98. The summed E-state index contributed by atoms with van der Waals surface area (Å²) in [4.78, 5) is 28.0. The zero-order chi connectivity index (χ0) is 24.6. The van der Waals surface area contributed by atoms with E-state index in [1.807, 2.05) is 48.5 Å². The Kier molecular flexibility index (Phi) is 6.23. The van der Waals surface area contributed by atoms with E-state index in [-0.39, 0.29) is 11.6 Å². The molecule has 2 aromatic heterocycles. The molecule has 0 unspecified atom stereocenters. The number of pyridine rings is 2. The lowest BCUT2D eigenvalue weighted by atomic mass is 9.76. The van der Waals surface area contributed by atoms with Crippen molar-refractivity contribution in [3.63, 3.8) is 0 Å². The van der Waals surface area contributed by atoms with Gasteiger partial charge in [0.25, 0.3) is 0 Å². The topological polar surface area (TPSA) is 71.0 Å². The van der Waals surface area contributed by atoms with E-state index >= 15 is 0 Å². The minimum atomic E-state index is -0.294. The Hall–Kier alpha value is -3.39. The number of benzene rings is 1. The number of carbonyl (C=O) groups is 1. The fourth-order valence-corrected chi connectivity index (χ4v) is 4.82. The van der Waals surface area contributed by atoms with Crippen LogP contribution in [0.1, 0.15) is 25.7 Å². The summed E-state index contributed by atoms with van der Waals surface area (Å²) in [7, 11) is 7.79. The molecule has 3 heterocycles. The third kappa shape index (κ3) is 4.38. The SMILES string of the molecule is CN(C)CCCOc1ccc(-c2ccc3ncc4cc3c2OCC2(CCC2)N(C)C(=O)N4C)cn1. The van der Waals surface area contributed by atoms with Crippen LogP contribution in [0.15, 0.2) is 42.7 Å². The molecule has 2 aliphatic rings. The Balaban J connectivity index is 1.50. The first-order valence-corrected chi connectivity index (χ1v) is 12.2. The Morgan fingerprint density at radius 3 is 2.63 bits per heavy atom. The van der Waals surface area contributed by atoms with Crippen LogP contribution in [0.2, 0.25) is 0 Å². The molecule has 2 bridgehead atoms. The van der Waals surface area contributed by atoms with Gasteiger partial charge < -0.3 is 19.3 Å². The van der Waals surface area contributed by atoms with Crippen molar-refractivity contribution in [3.05, 3.63) is 42.7 Å². The maximum Gasteiger partial charge on any atom is 0.324 e. The smallest absolute Gasteiger partial charge is 0.324 e. The van der Waals surface area contributed by atoms with Crippen molar-refractivity contribution in [1.29, 1.82) is 0 Å². The highest BCUT2D eigenvalue weighted by atomic mass is 16.5. The molecular formula is C27H33N5O3. The van der Waals surface area contributed by atoms with Crippen LogP contribution in [0.3, 0.4) is 0 Å². The van der Waals surface area contributed by atoms with Gasteiger partial charge in [-0.25, -0.2) is 9.78 Å². The minimum Gasteiger partial charge on any atom is -0.490 e. The number of urea groups is 1. The molecule has 1 fully saturated rings. The predicted molar refractivity (Wildman–Crippen MR) is 137 cm³/mol. The van der Waals surface area contributed by atoms with Crippen molar-refractivity contribution in [2.24, 2.45) is 0 Å². The summed E-state index contributed by atoms with van der Waals surface area (Å²) in [5, 5.41) is 0.891. The van der Waals surface area contributed by atoms with Gasteiger partial charge in [-0.3, -0.25) is 9.88 Å². The molecule has 1 aliphatic carbocycles. The van der Waals surface area contributed by atoms with E-state index in [4.69, 9.17) is 9.47 Å². The summed E-state index contributed by atoms with van der Waals surface area (Å²) < 4.78 is 12.4. The van der Waals surface area contributed by atoms with Crippen molar-refractivity contribution >= 4 is 22.6 Å². The van der Waals surface area contributed by atoms with Crippen molar-refractivity contribution < 1.29 is 14.3 Å². The molecule has 1 aromatic carbocycles. The Bertz CT molecular complexity index is 1220. The number of likely N-dealkylation sites (N-methyl/N-ethyl adjacent to an activating group) is 1. The Morgan fingerprint density at radius 2 is 1.94 bits per heavy atom. The molecule has 0 radical (unpaired) electrons. The van der Waals surface area contributed by atoms with Crippen LogP contribution in [0.4, 0.5) is 10.5 Å². The van der Waals surface area contributed by atoms with Gasteiger partial charge in [-0.1, -0.05) is 0 Å². The maximum absolute atomic E-state index is 13.2. The van der Waals surface area contributed by atoms with E-state index in [2.05, 4.69) is 29.0 Å². The molecule has 5 rings (SSSR count). The molecular weight excluding hydrogens is 442 g/mol. The molecule has 2 amide bonds. The number of amides is 2. The third-order valence-electron chi connectivity index (χ3n) is 7.29. The highest BCUT2D eigenvalue weighted by Crippen LogP contribution is 2.43. The van der Waals surface area contributed by atoms with Gasteiger partial charge in [0.2, 0.25) is 5.88 Å². The maximum atomic E-state index is 13.2. The number of anilines is 1. The van der Waals surface area contributed by atoms with Crippen molar-refractivity contribution in [2.45, 2.75) is 31.2 Å². The molecule has 184 valence electrons. The number of nitrogens with zero attached hydrogens (tertiary/aromatic N) is 5. The number of hydrogen-bond acceptors (Lipinski definition) is 6. The van der Waals surface area contributed by atoms with Crippen LogP contribution < -0.4 is 14.4 Å². The van der Waals surface area contributed by atoms with Crippen LogP contribution in [-0.4, -0.2) is 79.3 Å². The normalized spacial score (nSPS) is 17.1. The molecule has 0 saturated heterocycles. The summed E-state index contributed by atoms with van der Waals surface area (Å²) in [6.07, 6.45) is 7.48. The van der Waals surface area contributed by atoms with Gasteiger partial charge in [-0.05, 0) is 64.0 Å². The predicted octanol–water partition coefficient (Wildman–Crippen LogP) is 4.43. The van der Waals surface area contributed by atoms with E-state index in [1.54, 1.807) is 18.1 Å². The lowest BCUT2D eigenvalue weighted by molar-refractivity contribution is 0.0235. The van der Waals surface area contributed by atoms with E-state index < -0.39 is 0 Å². The standard InChI is InChI=1S/C27H33N5O3/c1-30(2)13-6-14-34-24-10-7-19(16-29-24)21-8-9-23-22-15-20(17-28-23)31(3)26(33)32(4)27(11-5-12-27)18-35-25(21)22/h7-10,15-17H,5-6,11-14,18H2,1-4H3. The zero-order valence-corrected chi connectivity index (χ0v) is 21.0. The van der Waals surface area contributed by atoms with Crippen LogP contribution in [0, 0.1) is 0 Å². The minimum absolute atomic E-state index is 0.0422. The molecule has 8 nitrogen and oxygen atoms in total. The van der Waals surface area contributed by atoms with Crippen LogP contribution in [0.25, 0.3) is 22.0 Å². The van der Waals surface area contributed by atoms with Crippen molar-refractivity contribution in [1.82, 2.24) is 19.8 Å². The van der Waals surface area contributed by atoms with Gasteiger partial charge >= 0.3 is 6.03 Å². The van der Waals surface area contributed by atoms with Gasteiger partial charge in [0, 0.05) is 49.4 Å². The average Bonchev–Trinajstić information content (AvgIpc) is 2.84. The van der Waals surface area contributed by atoms with E-state index in [0.717, 1.165) is 65.7 Å². The average molecular weight is 476 g/mol. The summed E-state index contributed by atoms with van der Waals surface area (Å²) in [5.74, 6) is 1.39. The Morgan fingerprint density at radius 1 is 1.11 bits per heavy atom. The molecule has 3 aromatic rings. The number of aromatic nitrogens is 2. The summed E-state index contributed by atoms with van der Waals surface area (Å²) in [5.41, 5.74) is 3.18. The van der Waals surface area contributed by atoms with E-state index in [1.165, 1.54) is 0 Å². The number of rotatable bonds is 6. The first kappa shape index (κ1) is 23.4. The first-order valence-electron chi connectivity index (χ1n) is 12.2. The highest BCUT2D eigenvalue weighted by Gasteiger charge is 2.45. The number of ether oxygens (including phenoxy) is 2. The summed E-state index contributed by atoms with van der Waals surface area (Å²) in [6, 6.07) is 9.90. The molecule has 35 heavy (non-hydrogen) atoms. The molecule has 1 saturated carbocycles. The van der Waals surface area contributed by atoms with Gasteiger partial charge in [0.15, 0.2) is 0 Å².